The lowest BCUT2D eigenvalue weighted by atomic mass is 9.87. The first kappa shape index (κ1) is 42.4. The number of likely N-dealkylation sites (tertiary alicyclic amines) is 1. The summed E-state index contributed by atoms with van der Waals surface area (Å²) in [5.41, 5.74) is 2.40. The monoisotopic (exact) mass is 907 g/mol. The number of nitrogens with zero attached hydrogens (tertiary/aromatic N) is 8. The van der Waals surface area contributed by atoms with E-state index in [1.54, 1.807) is 47.2 Å². The molecule has 2 aromatic carbocycles. The summed E-state index contributed by atoms with van der Waals surface area (Å²) in [5.74, 6) is -2.90. The highest BCUT2D eigenvalue weighted by atomic mass is 32.1. The Morgan fingerprint density at radius 3 is 2.54 bits per heavy atom. The number of amides is 5. The third-order valence-corrected chi connectivity index (χ3v) is 14.1. The van der Waals surface area contributed by atoms with Crippen LogP contribution in [0.1, 0.15) is 90.8 Å². The Morgan fingerprint density at radius 1 is 0.969 bits per heavy atom. The summed E-state index contributed by atoms with van der Waals surface area (Å²) in [6.45, 7) is 2.29. The average Bonchev–Trinajstić information content (AvgIpc) is 4.15. The topological polar surface area (TPSA) is 200 Å². The van der Waals surface area contributed by atoms with Gasteiger partial charge in [0.2, 0.25) is 17.7 Å². The quantitative estimate of drug-likeness (QED) is 0.136. The highest BCUT2D eigenvalue weighted by Crippen LogP contribution is 2.39. The van der Waals surface area contributed by atoms with Gasteiger partial charge in [0.1, 0.15) is 17.7 Å². The van der Waals surface area contributed by atoms with Crippen molar-refractivity contribution in [1.82, 2.24) is 39.4 Å². The van der Waals surface area contributed by atoms with Gasteiger partial charge in [0.25, 0.3) is 11.8 Å². The van der Waals surface area contributed by atoms with Crippen molar-refractivity contribution >= 4 is 57.4 Å². The van der Waals surface area contributed by atoms with Crippen LogP contribution >= 0.6 is 11.3 Å². The molecule has 65 heavy (non-hydrogen) atoms. The van der Waals surface area contributed by atoms with E-state index in [-0.39, 0.29) is 61.2 Å². The molecule has 2 atom stereocenters. The molecule has 338 valence electrons. The van der Waals surface area contributed by atoms with Crippen LogP contribution in [-0.4, -0.2) is 107 Å². The number of hydrogen-bond donors (Lipinski definition) is 4. The van der Waals surface area contributed by atoms with E-state index in [1.165, 1.54) is 28.4 Å². The smallest absolute Gasteiger partial charge is 0.255 e. The van der Waals surface area contributed by atoms with E-state index < -0.39 is 47.0 Å². The third-order valence-electron chi connectivity index (χ3n) is 13.5. The molecule has 0 aliphatic carbocycles. The molecule has 5 aliphatic rings. The van der Waals surface area contributed by atoms with Gasteiger partial charge in [0, 0.05) is 85.0 Å². The summed E-state index contributed by atoms with van der Waals surface area (Å²) in [7, 11) is 0. The van der Waals surface area contributed by atoms with Crippen LogP contribution in [0.25, 0.3) is 11.1 Å². The Labute approximate surface area is 375 Å². The van der Waals surface area contributed by atoms with Crippen molar-refractivity contribution in [3.05, 3.63) is 94.8 Å². The fourth-order valence-corrected chi connectivity index (χ4v) is 10.4. The number of aryl methyl sites for hydroxylation is 1. The van der Waals surface area contributed by atoms with Crippen molar-refractivity contribution in [2.45, 2.75) is 94.6 Å². The van der Waals surface area contributed by atoms with Crippen molar-refractivity contribution < 1.29 is 37.9 Å². The second kappa shape index (κ2) is 17.1. The van der Waals surface area contributed by atoms with Crippen molar-refractivity contribution in [2.75, 3.05) is 41.7 Å². The summed E-state index contributed by atoms with van der Waals surface area (Å²) < 4.78 is 35.1. The van der Waals surface area contributed by atoms with Gasteiger partial charge in [-0.15, -0.1) is 11.3 Å². The van der Waals surface area contributed by atoms with Crippen molar-refractivity contribution in [3.8, 4) is 11.1 Å². The van der Waals surface area contributed by atoms with Gasteiger partial charge in [-0.3, -0.25) is 39.3 Å². The molecule has 5 aliphatic heterocycles. The van der Waals surface area contributed by atoms with E-state index in [0.717, 1.165) is 18.7 Å². The van der Waals surface area contributed by atoms with E-state index in [9.17, 15) is 29.1 Å². The maximum atomic E-state index is 16.0. The number of anilines is 3. The Hall–Kier alpha value is -6.54. The van der Waals surface area contributed by atoms with E-state index in [0.29, 0.717) is 85.2 Å². The number of halogens is 2. The Kier molecular flexibility index (Phi) is 11.2. The van der Waals surface area contributed by atoms with E-state index >= 15 is 8.78 Å². The van der Waals surface area contributed by atoms with Crippen LogP contribution < -0.4 is 20.9 Å². The summed E-state index contributed by atoms with van der Waals surface area (Å²) in [4.78, 5) is 78.8. The van der Waals surface area contributed by atoms with Gasteiger partial charge < -0.3 is 29.7 Å². The Morgan fingerprint density at radius 2 is 1.78 bits per heavy atom. The van der Waals surface area contributed by atoms with Gasteiger partial charge >= 0.3 is 0 Å². The Bertz CT molecular complexity index is 2690. The average molecular weight is 908 g/mol. The molecule has 3 saturated heterocycles. The van der Waals surface area contributed by atoms with Crippen LogP contribution in [0.5, 0.6) is 0 Å². The van der Waals surface area contributed by atoms with Gasteiger partial charge in [-0.1, -0.05) is 0 Å². The van der Waals surface area contributed by atoms with Crippen LogP contribution in [-0.2, 0) is 38.7 Å². The molecule has 20 heteroatoms. The van der Waals surface area contributed by atoms with E-state index in [1.807, 2.05) is 20.3 Å². The first-order chi connectivity index (χ1) is 31.4. The number of piperidine rings is 3. The fraction of sp³-hybridized carbons (Fsp3) is 0.422. The zero-order valence-electron chi connectivity index (χ0n) is 35.3. The predicted octanol–water partition coefficient (Wildman–Crippen LogP) is 4.57. The summed E-state index contributed by atoms with van der Waals surface area (Å²) in [5, 5.41) is 26.3. The zero-order valence-corrected chi connectivity index (χ0v) is 36.2. The molecule has 0 bridgehead atoms. The maximum absolute atomic E-state index is 16.0. The number of hydrogen-bond acceptors (Lipinski definition) is 12. The SMILES string of the molecule is O=C1CC[C@H](Nc2ccc(N3CCC(O)(CC(=O)N4CCC(n5cc(-c6cc(F)c7c(c6)C(=O)N(C(C(=O)Nc6nccs6)c6ncn8c6CCC8)C7)cn5)CC4)CC3)c(F)c2)C(=O)N1. The van der Waals surface area contributed by atoms with Crippen LogP contribution in [0.3, 0.4) is 0 Å². The Balaban J connectivity index is 0.742. The van der Waals surface area contributed by atoms with Crippen molar-refractivity contribution in [1.29, 1.82) is 0 Å². The van der Waals surface area contributed by atoms with Crippen LogP contribution in [0.15, 0.2) is 60.6 Å². The van der Waals surface area contributed by atoms with Gasteiger partial charge in [-0.05, 0) is 80.8 Å². The molecule has 10 rings (SSSR count). The predicted molar refractivity (Wildman–Crippen MR) is 234 cm³/mol. The molecule has 0 radical (unpaired) electrons. The minimum Gasteiger partial charge on any atom is -0.389 e. The number of aromatic nitrogens is 5. The largest absolute Gasteiger partial charge is 0.389 e. The third kappa shape index (κ3) is 8.35. The summed E-state index contributed by atoms with van der Waals surface area (Å²) in [6.07, 6.45) is 10.6. The molecule has 3 fully saturated rings. The number of imidazole rings is 1. The molecule has 4 N–H and O–H groups in total. The lowest BCUT2D eigenvalue weighted by molar-refractivity contribution is -0.139. The number of nitrogens with one attached hydrogen (secondary N) is 3. The molecule has 8 heterocycles. The molecule has 1 unspecified atom stereocenters. The first-order valence-electron chi connectivity index (χ1n) is 22.0. The summed E-state index contributed by atoms with van der Waals surface area (Å²) in [6, 6.07) is 5.92. The first-order valence-corrected chi connectivity index (χ1v) is 22.8. The highest BCUT2D eigenvalue weighted by Gasteiger charge is 2.43. The standard InChI is InChI=1S/C45H47F2N11O6S/c46-32-19-26(18-30-31(32)24-57(43(30)63)40(42(62)53-44-48-11-17-65-44)39-36-2-1-12-56(36)25-49-39)27-22-50-58(23-27)29-7-13-55(14-8-29)38(60)21-45(64)9-15-54(16-10-45)35-5-3-28(20-33(35)47)51-34-4-6-37(59)52-41(34)61/h3,5,11,17-20,22-23,25,29,34,40,51,64H,1-2,4,6-10,12-16,21,24H2,(H,48,53,62)(H,52,59,61)/t34-,40?/m0/s1. The number of carbonyl (C=O) groups is 5. The molecular formula is C45H47F2N11O6S. The fourth-order valence-electron chi connectivity index (χ4n) is 9.85. The van der Waals surface area contributed by atoms with Gasteiger partial charge in [0.05, 0.1) is 48.5 Å². The van der Waals surface area contributed by atoms with Gasteiger partial charge in [0.15, 0.2) is 11.2 Å². The minimum absolute atomic E-state index is 0.0372. The van der Waals surface area contributed by atoms with E-state index in [2.05, 4.69) is 31.0 Å². The van der Waals surface area contributed by atoms with Gasteiger partial charge in [-0.25, -0.2) is 18.7 Å². The normalized spacial score (nSPS) is 20.1. The lowest BCUT2D eigenvalue weighted by Gasteiger charge is -2.40. The van der Waals surface area contributed by atoms with Crippen LogP contribution in [0.2, 0.25) is 0 Å². The molecular weight excluding hydrogens is 861 g/mol. The second-order valence-electron chi connectivity index (χ2n) is 17.5. The van der Waals surface area contributed by atoms with Crippen LogP contribution in [0.4, 0.5) is 25.3 Å². The number of imide groups is 1. The number of rotatable bonds is 11. The second-order valence-corrected chi connectivity index (χ2v) is 18.4. The molecule has 5 aromatic rings. The van der Waals surface area contributed by atoms with Crippen molar-refractivity contribution in [3.63, 3.8) is 0 Å². The zero-order chi connectivity index (χ0) is 45.0. The summed E-state index contributed by atoms with van der Waals surface area (Å²) >= 11 is 1.26. The number of benzene rings is 2. The number of aliphatic hydroxyl groups is 1. The van der Waals surface area contributed by atoms with Crippen LogP contribution in [0, 0.1) is 11.6 Å². The lowest BCUT2D eigenvalue weighted by Crippen LogP contribution is -2.49. The molecule has 17 nitrogen and oxygen atoms in total. The minimum atomic E-state index is -1.23. The molecule has 0 saturated carbocycles. The highest BCUT2D eigenvalue weighted by molar-refractivity contribution is 7.13. The molecule has 0 spiro atoms. The van der Waals surface area contributed by atoms with E-state index in [4.69, 9.17) is 0 Å². The molecule has 5 amide bonds. The maximum Gasteiger partial charge on any atom is 0.255 e. The van der Waals surface area contributed by atoms with Gasteiger partial charge in [-0.2, -0.15) is 5.10 Å². The van der Waals surface area contributed by atoms with Crippen molar-refractivity contribution in [2.24, 2.45) is 0 Å². The number of thiazole rings is 1. The number of carbonyl (C=O) groups excluding carboxylic acids is 5. The molecule has 3 aromatic heterocycles. The number of fused-ring (bicyclic) bond motifs is 2.